The molecule has 16 heavy (non-hydrogen) atoms. The Hall–Kier alpha value is -1.75. The number of hydrogen-bond donors (Lipinski definition) is 1. The zero-order valence-corrected chi connectivity index (χ0v) is 9.10. The molecule has 0 radical (unpaired) electrons. The molecule has 0 aromatic carbocycles. The summed E-state index contributed by atoms with van der Waals surface area (Å²) >= 11 is 0. The zero-order valence-electron chi connectivity index (χ0n) is 9.10. The predicted molar refractivity (Wildman–Crippen MR) is 57.3 cm³/mol. The van der Waals surface area contributed by atoms with Crippen molar-refractivity contribution in [3.8, 4) is 0 Å². The van der Waals surface area contributed by atoms with Crippen LogP contribution in [0, 0.1) is 0 Å². The number of aromatic nitrogens is 1. The second-order valence-corrected chi connectivity index (χ2v) is 3.12. The molecule has 0 amide bonds. The third-order valence-corrected chi connectivity index (χ3v) is 1.82. The Bertz CT molecular complexity index is 352. The topological polar surface area (TPSA) is 68.3 Å². The Balaban J connectivity index is 2.21. The van der Waals surface area contributed by atoms with Crippen molar-refractivity contribution in [2.75, 3.05) is 6.54 Å². The average Bonchev–Trinajstić information content (AvgIpc) is 2.30. The zero-order chi connectivity index (χ0) is 11.8. The Morgan fingerprint density at radius 3 is 2.81 bits per heavy atom. The van der Waals surface area contributed by atoms with Gasteiger partial charge in [0.15, 0.2) is 0 Å². The molecule has 0 spiro atoms. The Morgan fingerprint density at radius 2 is 2.19 bits per heavy atom. The lowest BCUT2D eigenvalue weighted by Crippen LogP contribution is -2.26. The van der Waals surface area contributed by atoms with Crippen LogP contribution in [0.5, 0.6) is 0 Å². The molecule has 1 heterocycles. The molecule has 0 atom stereocenters. The molecule has 5 nitrogen and oxygen atoms in total. The molecule has 1 aromatic rings. The Labute approximate surface area is 93.8 Å². The van der Waals surface area contributed by atoms with E-state index in [4.69, 9.17) is 0 Å². The van der Waals surface area contributed by atoms with Crippen molar-refractivity contribution in [3.05, 3.63) is 30.1 Å². The van der Waals surface area contributed by atoms with Gasteiger partial charge in [-0.1, -0.05) is 13.0 Å². The van der Waals surface area contributed by atoms with Gasteiger partial charge >= 0.3 is 11.9 Å². The van der Waals surface area contributed by atoms with Crippen LogP contribution in [-0.2, 0) is 20.9 Å². The molecule has 0 unspecified atom stereocenters. The second kappa shape index (κ2) is 6.68. The summed E-state index contributed by atoms with van der Waals surface area (Å²) in [6.45, 7) is 2.11. The second-order valence-electron chi connectivity index (χ2n) is 3.12. The number of pyridine rings is 1. The first kappa shape index (κ1) is 12.3. The van der Waals surface area contributed by atoms with Crippen LogP contribution in [0.15, 0.2) is 24.4 Å². The van der Waals surface area contributed by atoms with E-state index in [0.29, 0.717) is 6.54 Å². The minimum absolute atomic E-state index is 0.00230. The predicted octanol–water partition coefficient (Wildman–Crippen LogP) is 0.651. The van der Waals surface area contributed by atoms with Crippen LogP contribution in [0.3, 0.4) is 0 Å². The standard InChI is InChI=1S/C11H14N2O3/c1-2-10(14)16-11(15)8-12-7-9-5-3-4-6-13-9/h3-6,12H,2,7-8H2,1H3. The van der Waals surface area contributed by atoms with Gasteiger partial charge in [0.05, 0.1) is 12.2 Å². The molecular formula is C11H14N2O3. The van der Waals surface area contributed by atoms with E-state index in [1.54, 1.807) is 13.1 Å². The summed E-state index contributed by atoms with van der Waals surface area (Å²) in [5, 5.41) is 2.84. The number of carbonyl (C=O) groups excluding carboxylic acids is 2. The Kier molecular flexibility index (Phi) is 5.15. The molecule has 0 saturated heterocycles. The highest BCUT2D eigenvalue weighted by atomic mass is 16.6. The van der Waals surface area contributed by atoms with Crippen molar-refractivity contribution in [2.45, 2.75) is 19.9 Å². The van der Waals surface area contributed by atoms with Gasteiger partial charge in [-0.25, -0.2) is 0 Å². The van der Waals surface area contributed by atoms with Crippen molar-refractivity contribution in [1.82, 2.24) is 10.3 Å². The monoisotopic (exact) mass is 222 g/mol. The molecule has 1 rings (SSSR count). The summed E-state index contributed by atoms with van der Waals surface area (Å²) in [5.41, 5.74) is 0.831. The number of nitrogens with one attached hydrogen (secondary N) is 1. The van der Waals surface area contributed by atoms with Gasteiger partial charge in [0.25, 0.3) is 0 Å². The third kappa shape index (κ3) is 4.65. The number of rotatable bonds is 5. The summed E-state index contributed by atoms with van der Waals surface area (Å²) in [6.07, 6.45) is 1.88. The molecule has 0 bridgehead atoms. The van der Waals surface area contributed by atoms with Gasteiger partial charge < -0.3 is 10.1 Å². The normalized spacial score (nSPS) is 9.81. The number of hydrogen-bond acceptors (Lipinski definition) is 5. The lowest BCUT2D eigenvalue weighted by Gasteiger charge is -2.03. The fourth-order valence-corrected chi connectivity index (χ4v) is 1.03. The lowest BCUT2D eigenvalue weighted by molar-refractivity contribution is -0.158. The van der Waals surface area contributed by atoms with E-state index in [0.717, 1.165) is 5.69 Å². The first-order valence-corrected chi connectivity index (χ1v) is 5.06. The molecule has 0 saturated carbocycles. The SMILES string of the molecule is CCC(=O)OC(=O)CNCc1ccccn1. The van der Waals surface area contributed by atoms with Crippen LogP contribution < -0.4 is 5.32 Å². The number of ether oxygens (including phenoxy) is 1. The number of carbonyl (C=O) groups is 2. The van der Waals surface area contributed by atoms with Crippen molar-refractivity contribution >= 4 is 11.9 Å². The van der Waals surface area contributed by atoms with Gasteiger partial charge in [-0.05, 0) is 12.1 Å². The van der Waals surface area contributed by atoms with Gasteiger partial charge in [-0.15, -0.1) is 0 Å². The van der Waals surface area contributed by atoms with Crippen LogP contribution >= 0.6 is 0 Å². The fourth-order valence-electron chi connectivity index (χ4n) is 1.03. The number of nitrogens with zero attached hydrogens (tertiary/aromatic N) is 1. The van der Waals surface area contributed by atoms with E-state index in [-0.39, 0.29) is 13.0 Å². The summed E-state index contributed by atoms with van der Waals surface area (Å²) in [4.78, 5) is 25.9. The van der Waals surface area contributed by atoms with E-state index >= 15 is 0 Å². The first-order valence-electron chi connectivity index (χ1n) is 5.06. The van der Waals surface area contributed by atoms with Crippen molar-refractivity contribution < 1.29 is 14.3 Å². The molecule has 86 valence electrons. The van der Waals surface area contributed by atoms with Gasteiger partial charge in [0.2, 0.25) is 0 Å². The molecule has 5 heteroatoms. The van der Waals surface area contributed by atoms with Crippen LogP contribution in [0.4, 0.5) is 0 Å². The van der Waals surface area contributed by atoms with Gasteiger partial charge in [-0.2, -0.15) is 0 Å². The van der Waals surface area contributed by atoms with Gasteiger partial charge in [0, 0.05) is 19.2 Å². The maximum atomic E-state index is 11.1. The van der Waals surface area contributed by atoms with Crippen molar-refractivity contribution in [1.29, 1.82) is 0 Å². The van der Waals surface area contributed by atoms with Crippen molar-refractivity contribution in [3.63, 3.8) is 0 Å². The van der Waals surface area contributed by atoms with E-state index in [2.05, 4.69) is 15.0 Å². The van der Waals surface area contributed by atoms with Crippen LogP contribution in [0.25, 0.3) is 0 Å². The van der Waals surface area contributed by atoms with E-state index in [9.17, 15) is 9.59 Å². The lowest BCUT2D eigenvalue weighted by atomic mass is 10.3. The minimum Gasteiger partial charge on any atom is -0.392 e. The molecule has 0 aliphatic carbocycles. The largest absolute Gasteiger partial charge is 0.392 e. The number of esters is 2. The third-order valence-electron chi connectivity index (χ3n) is 1.82. The summed E-state index contributed by atoms with van der Waals surface area (Å²) < 4.78 is 4.48. The molecule has 0 aliphatic rings. The maximum Gasteiger partial charge on any atom is 0.327 e. The highest BCUT2D eigenvalue weighted by molar-refractivity contribution is 5.86. The van der Waals surface area contributed by atoms with E-state index in [1.807, 2.05) is 18.2 Å². The Morgan fingerprint density at radius 1 is 1.38 bits per heavy atom. The molecule has 1 aromatic heterocycles. The summed E-state index contributed by atoms with van der Waals surface area (Å²) in [6, 6.07) is 5.52. The van der Waals surface area contributed by atoms with E-state index < -0.39 is 11.9 Å². The van der Waals surface area contributed by atoms with Gasteiger partial charge in [-0.3, -0.25) is 14.6 Å². The highest BCUT2D eigenvalue weighted by Crippen LogP contribution is 1.92. The first-order chi connectivity index (χ1) is 7.72. The van der Waals surface area contributed by atoms with Crippen LogP contribution in [0.1, 0.15) is 19.0 Å². The molecule has 0 fully saturated rings. The minimum atomic E-state index is -0.567. The maximum absolute atomic E-state index is 11.1. The van der Waals surface area contributed by atoms with Crippen LogP contribution in [-0.4, -0.2) is 23.5 Å². The van der Waals surface area contributed by atoms with Crippen LogP contribution in [0.2, 0.25) is 0 Å². The highest BCUT2D eigenvalue weighted by Gasteiger charge is 2.07. The van der Waals surface area contributed by atoms with Crippen molar-refractivity contribution in [2.24, 2.45) is 0 Å². The van der Waals surface area contributed by atoms with E-state index in [1.165, 1.54) is 0 Å². The quantitative estimate of drug-likeness (QED) is 0.585. The molecule has 0 aliphatic heterocycles. The fraction of sp³-hybridized carbons (Fsp3) is 0.364. The summed E-state index contributed by atoms with van der Waals surface area (Å²) in [5.74, 6) is -1.08. The molecular weight excluding hydrogens is 208 g/mol. The van der Waals surface area contributed by atoms with Gasteiger partial charge in [0.1, 0.15) is 0 Å². The molecule has 1 N–H and O–H groups in total. The summed E-state index contributed by atoms with van der Waals surface area (Å²) in [7, 11) is 0. The average molecular weight is 222 g/mol. The smallest absolute Gasteiger partial charge is 0.327 e.